The fourth-order valence-corrected chi connectivity index (χ4v) is 2.63. The fourth-order valence-electron chi connectivity index (χ4n) is 2.63. The number of H-pyrrole nitrogens is 1. The van der Waals surface area contributed by atoms with Crippen molar-refractivity contribution in [2.24, 2.45) is 0 Å². The monoisotopic (exact) mass is 350 g/mol. The lowest BCUT2D eigenvalue weighted by Crippen LogP contribution is -2.28. The Bertz CT molecular complexity index is 1050. The number of nitrogens with one attached hydrogen (secondary N) is 2. The summed E-state index contributed by atoms with van der Waals surface area (Å²) in [7, 11) is 0. The van der Waals surface area contributed by atoms with Crippen molar-refractivity contribution in [1.82, 2.24) is 4.98 Å². The molecule has 6 heteroatoms. The summed E-state index contributed by atoms with van der Waals surface area (Å²) in [5.41, 5.74) is 0.394. The van der Waals surface area contributed by atoms with Crippen LogP contribution in [0.2, 0.25) is 0 Å². The summed E-state index contributed by atoms with van der Waals surface area (Å²) in [6, 6.07) is 13.5. The van der Waals surface area contributed by atoms with Gasteiger partial charge in [-0.25, -0.2) is 0 Å². The predicted octanol–water partition coefficient (Wildman–Crippen LogP) is 3.14. The second kappa shape index (κ2) is 6.48. The molecule has 26 heavy (non-hydrogen) atoms. The summed E-state index contributed by atoms with van der Waals surface area (Å²) >= 11 is 0. The number of para-hydroxylation sites is 1. The SMILES string of the molecule is CC(C)(C(=O)O)c1ccc(NC(=O)c2c[nH]c3ccccc3c2=O)cc1. The molecule has 0 radical (unpaired) electrons. The summed E-state index contributed by atoms with van der Waals surface area (Å²) in [5.74, 6) is -1.46. The number of aromatic amines is 1. The summed E-state index contributed by atoms with van der Waals surface area (Å²) in [5, 5.41) is 12.4. The van der Waals surface area contributed by atoms with Crippen LogP contribution < -0.4 is 10.7 Å². The Morgan fingerprint density at radius 3 is 2.35 bits per heavy atom. The van der Waals surface area contributed by atoms with Crippen LogP contribution >= 0.6 is 0 Å². The minimum Gasteiger partial charge on any atom is -0.481 e. The number of amides is 1. The van der Waals surface area contributed by atoms with Gasteiger partial charge in [0.05, 0.1) is 5.41 Å². The molecule has 0 aliphatic rings. The van der Waals surface area contributed by atoms with Crippen LogP contribution in [0.5, 0.6) is 0 Å². The highest BCUT2D eigenvalue weighted by Gasteiger charge is 2.29. The number of carbonyl (C=O) groups is 2. The van der Waals surface area contributed by atoms with Crippen molar-refractivity contribution in [3.05, 3.63) is 76.1 Å². The van der Waals surface area contributed by atoms with Gasteiger partial charge in [0.1, 0.15) is 5.56 Å². The minimum absolute atomic E-state index is 0.0126. The Morgan fingerprint density at radius 1 is 1.04 bits per heavy atom. The number of hydrogen-bond donors (Lipinski definition) is 3. The molecule has 0 spiro atoms. The molecule has 6 nitrogen and oxygen atoms in total. The van der Waals surface area contributed by atoms with E-state index in [1.165, 1.54) is 6.20 Å². The molecule has 132 valence electrons. The zero-order valence-electron chi connectivity index (χ0n) is 14.4. The quantitative estimate of drug-likeness (QED) is 0.673. The van der Waals surface area contributed by atoms with Crippen LogP contribution in [0.1, 0.15) is 29.8 Å². The minimum atomic E-state index is -1.03. The van der Waals surface area contributed by atoms with E-state index in [0.717, 1.165) is 0 Å². The molecular formula is C20H18N2O4. The number of benzene rings is 2. The average Bonchev–Trinajstić information content (AvgIpc) is 2.62. The van der Waals surface area contributed by atoms with Crippen LogP contribution in [0, 0.1) is 0 Å². The first-order chi connectivity index (χ1) is 12.3. The molecule has 0 aliphatic carbocycles. The molecule has 3 N–H and O–H groups in total. The lowest BCUT2D eigenvalue weighted by Gasteiger charge is -2.19. The van der Waals surface area contributed by atoms with E-state index in [1.807, 2.05) is 0 Å². The van der Waals surface area contributed by atoms with Crippen molar-refractivity contribution in [2.75, 3.05) is 5.32 Å². The first kappa shape index (κ1) is 17.4. The zero-order valence-corrected chi connectivity index (χ0v) is 14.4. The highest BCUT2D eigenvalue weighted by molar-refractivity contribution is 6.05. The van der Waals surface area contributed by atoms with Crippen LogP contribution in [0.4, 0.5) is 5.69 Å². The molecule has 3 aromatic rings. The van der Waals surface area contributed by atoms with Gasteiger partial charge in [-0.05, 0) is 43.7 Å². The van der Waals surface area contributed by atoms with Gasteiger partial charge in [0.2, 0.25) is 5.43 Å². The van der Waals surface area contributed by atoms with Gasteiger partial charge in [0, 0.05) is 22.8 Å². The molecule has 3 rings (SSSR count). The van der Waals surface area contributed by atoms with Crippen LogP contribution in [-0.4, -0.2) is 22.0 Å². The van der Waals surface area contributed by atoms with E-state index in [4.69, 9.17) is 0 Å². The molecule has 0 bridgehead atoms. The second-order valence-corrected chi connectivity index (χ2v) is 6.54. The van der Waals surface area contributed by atoms with Crippen molar-refractivity contribution in [3.63, 3.8) is 0 Å². The number of hydrogen-bond acceptors (Lipinski definition) is 3. The number of fused-ring (bicyclic) bond motifs is 1. The third-order valence-corrected chi connectivity index (χ3v) is 4.43. The third-order valence-electron chi connectivity index (χ3n) is 4.43. The van der Waals surface area contributed by atoms with Gasteiger partial charge in [-0.2, -0.15) is 0 Å². The maximum Gasteiger partial charge on any atom is 0.313 e. The maximum absolute atomic E-state index is 12.5. The van der Waals surface area contributed by atoms with Crippen molar-refractivity contribution in [3.8, 4) is 0 Å². The summed E-state index contributed by atoms with van der Waals surface area (Å²) < 4.78 is 0. The summed E-state index contributed by atoms with van der Waals surface area (Å²) in [6.45, 7) is 3.22. The molecule has 0 saturated heterocycles. The second-order valence-electron chi connectivity index (χ2n) is 6.54. The lowest BCUT2D eigenvalue weighted by atomic mass is 9.85. The zero-order chi connectivity index (χ0) is 18.9. The standard InChI is InChI=1S/C20H18N2O4/c1-20(2,19(25)26)12-7-9-13(10-8-12)22-18(24)15-11-21-16-6-4-3-5-14(16)17(15)23/h3-11H,1-2H3,(H,21,23)(H,22,24)(H,25,26). The molecule has 0 atom stereocenters. The molecule has 1 heterocycles. The van der Waals surface area contributed by atoms with Crippen LogP contribution in [0.25, 0.3) is 10.9 Å². The van der Waals surface area contributed by atoms with Gasteiger partial charge in [0.15, 0.2) is 0 Å². The summed E-state index contributed by atoms with van der Waals surface area (Å²) in [6.07, 6.45) is 1.39. The smallest absolute Gasteiger partial charge is 0.313 e. The maximum atomic E-state index is 12.5. The molecule has 1 amide bonds. The Balaban J connectivity index is 1.86. The van der Waals surface area contributed by atoms with Crippen molar-refractivity contribution >= 4 is 28.5 Å². The van der Waals surface area contributed by atoms with E-state index in [9.17, 15) is 19.5 Å². The molecule has 2 aromatic carbocycles. The Morgan fingerprint density at radius 2 is 1.69 bits per heavy atom. The first-order valence-corrected chi connectivity index (χ1v) is 8.06. The number of anilines is 1. The van der Waals surface area contributed by atoms with Gasteiger partial charge in [-0.15, -0.1) is 0 Å². The van der Waals surface area contributed by atoms with Crippen molar-refractivity contribution in [2.45, 2.75) is 19.3 Å². The lowest BCUT2D eigenvalue weighted by molar-refractivity contribution is -0.142. The van der Waals surface area contributed by atoms with Crippen LogP contribution in [-0.2, 0) is 10.2 Å². The molecule has 0 aliphatic heterocycles. The number of carbonyl (C=O) groups excluding carboxylic acids is 1. The molecule has 1 aromatic heterocycles. The summed E-state index contributed by atoms with van der Waals surface area (Å²) in [4.78, 5) is 39.2. The Kier molecular flexibility index (Phi) is 4.34. The number of aliphatic carboxylic acids is 1. The number of rotatable bonds is 4. The van der Waals surface area contributed by atoms with E-state index < -0.39 is 17.3 Å². The van der Waals surface area contributed by atoms with Crippen molar-refractivity contribution < 1.29 is 14.7 Å². The van der Waals surface area contributed by atoms with Crippen molar-refractivity contribution in [1.29, 1.82) is 0 Å². The van der Waals surface area contributed by atoms with Gasteiger partial charge in [-0.1, -0.05) is 24.3 Å². The van der Waals surface area contributed by atoms with Crippen LogP contribution in [0.3, 0.4) is 0 Å². The number of pyridine rings is 1. The molecular weight excluding hydrogens is 332 g/mol. The van der Waals surface area contributed by atoms with Crippen LogP contribution in [0.15, 0.2) is 59.5 Å². The Labute approximate surface area is 149 Å². The average molecular weight is 350 g/mol. The van der Waals surface area contributed by atoms with E-state index in [1.54, 1.807) is 62.4 Å². The van der Waals surface area contributed by atoms with Gasteiger partial charge in [0.25, 0.3) is 5.91 Å². The van der Waals surface area contributed by atoms with E-state index in [0.29, 0.717) is 22.2 Å². The largest absolute Gasteiger partial charge is 0.481 e. The highest BCUT2D eigenvalue weighted by atomic mass is 16.4. The number of carboxylic acid groups (broad SMARTS) is 1. The Hall–Kier alpha value is -3.41. The van der Waals surface area contributed by atoms with E-state index in [-0.39, 0.29) is 11.0 Å². The normalized spacial score (nSPS) is 11.3. The molecule has 0 saturated carbocycles. The molecule has 0 fully saturated rings. The topological polar surface area (TPSA) is 99.3 Å². The van der Waals surface area contributed by atoms with E-state index in [2.05, 4.69) is 10.3 Å². The predicted molar refractivity (Wildman–Crippen MR) is 99.6 cm³/mol. The first-order valence-electron chi connectivity index (χ1n) is 8.06. The van der Waals surface area contributed by atoms with Gasteiger partial charge >= 0.3 is 5.97 Å². The van der Waals surface area contributed by atoms with E-state index >= 15 is 0 Å². The number of carboxylic acids is 1. The third kappa shape index (κ3) is 3.09. The van der Waals surface area contributed by atoms with Gasteiger partial charge < -0.3 is 15.4 Å². The molecule has 0 unspecified atom stereocenters. The highest BCUT2D eigenvalue weighted by Crippen LogP contribution is 2.25. The fraction of sp³-hybridized carbons (Fsp3) is 0.150. The van der Waals surface area contributed by atoms with Gasteiger partial charge in [-0.3, -0.25) is 14.4 Å². The number of aromatic nitrogens is 1.